The number of furan rings is 1. The second-order valence-electron chi connectivity index (χ2n) is 5.95. The monoisotopic (exact) mass is 376 g/mol. The molecule has 1 fully saturated rings. The van der Waals surface area contributed by atoms with Gasteiger partial charge in [0, 0.05) is 31.2 Å². The number of amides is 2. The molecule has 136 valence electrons. The van der Waals surface area contributed by atoms with E-state index in [4.69, 9.17) is 21.1 Å². The first-order chi connectivity index (χ1) is 12.4. The average Bonchev–Trinajstić information content (AvgIpc) is 3.13. The summed E-state index contributed by atoms with van der Waals surface area (Å²) in [4.78, 5) is 38.8. The molecule has 1 N–H and O–H groups in total. The highest BCUT2D eigenvalue weighted by molar-refractivity contribution is 6.30. The second-order valence-corrected chi connectivity index (χ2v) is 6.38. The summed E-state index contributed by atoms with van der Waals surface area (Å²) < 4.78 is 5.04. The zero-order chi connectivity index (χ0) is 18.7. The van der Waals surface area contributed by atoms with Crippen LogP contribution in [0.1, 0.15) is 26.7 Å². The van der Waals surface area contributed by atoms with Crippen molar-refractivity contribution in [2.24, 2.45) is 0 Å². The number of carbonyl (C=O) groups is 3. The number of carbonyl (C=O) groups excluding carboxylic acids is 2. The number of rotatable bonds is 4. The van der Waals surface area contributed by atoms with Gasteiger partial charge in [0.25, 0.3) is 5.91 Å². The molecule has 1 aliphatic heterocycles. The van der Waals surface area contributed by atoms with Crippen LogP contribution in [0.5, 0.6) is 0 Å². The Balaban J connectivity index is 1.54. The van der Waals surface area contributed by atoms with Crippen molar-refractivity contribution in [3.8, 4) is 0 Å². The highest BCUT2D eigenvalue weighted by Gasteiger charge is 2.27. The van der Waals surface area contributed by atoms with E-state index in [2.05, 4.69) is 0 Å². The van der Waals surface area contributed by atoms with Crippen LogP contribution < -0.4 is 0 Å². The first kappa shape index (κ1) is 18.0. The number of carboxylic acid groups (broad SMARTS) is 1. The van der Waals surface area contributed by atoms with Crippen LogP contribution in [0.4, 0.5) is 0 Å². The molecule has 1 saturated heterocycles. The predicted molar refractivity (Wildman–Crippen MR) is 93.3 cm³/mol. The summed E-state index contributed by atoms with van der Waals surface area (Å²) in [5.41, 5.74) is 0.884. The van der Waals surface area contributed by atoms with Crippen molar-refractivity contribution in [2.45, 2.75) is 6.42 Å². The molecule has 0 bridgehead atoms. The van der Waals surface area contributed by atoms with E-state index in [1.54, 1.807) is 21.9 Å². The molecule has 1 aliphatic rings. The number of nitrogens with zero attached hydrogens (tertiary/aromatic N) is 2. The summed E-state index contributed by atoms with van der Waals surface area (Å²) in [7, 11) is 0. The van der Waals surface area contributed by atoms with Crippen molar-refractivity contribution in [1.29, 1.82) is 0 Å². The fourth-order valence-electron chi connectivity index (χ4n) is 2.77. The van der Waals surface area contributed by atoms with Crippen LogP contribution in [0.3, 0.4) is 0 Å². The van der Waals surface area contributed by atoms with E-state index in [0.29, 0.717) is 31.2 Å². The highest BCUT2D eigenvalue weighted by Crippen LogP contribution is 2.14. The Hall–Kier alpha value is -2.80. The maximum absolute atomic E-state index is 12.4. The highest BCUT2D eigenvalue weighted by atomic mass is 35.5. The van der Waals surface area contributed by atoms with Crippen molar-refractivity contribution in [3.05, 3.63) is 58.5 Å². The first-order valence-electron chi connectivity index (χ1n) is 8.08. The van der Waals surface area contributed by atoms with Crippen LogP contribution in [0.15, 0.2) is 40.8 Å². The minimum atomic E-state index is -1.22. The lowest BCUT2D eigenvalue weighted by atomic mass is 10.1. The van der Waals surface area contributed by atoms with Gasteiger partial charge in [0.05, 0.1) is 6.42 Å². The average molecular weight is 377 g/mol. The maximum Gasteiger partial charge on any atom is 0.371 e. The molecule has 0 aliphatic carbocycles. The van der Waals surface area contributed by atoms with Gasteiger partial charge in [-0.3, -0.25) is 9.59 Å². The fraction of sp³-hybridized carbons (Fsp3) is 0.278. The van der Waals surface area contributed by atoms with Crippen molar-refractivity contribution < 1.29 is 23.9 Å². The standard InChI is InChI=1S/C18H17ClN2O5/c19-13-3-1-12(2-4-13)11-16(22)20-7-9-21(10-8-20)17(23)14-5-6-15(26-14)18(24)25/h1-6H,7-11H2,(H,24,25). The minimum Gasteiger partial charge on any atom is -0.475 e. The van der Waals surface area contributed by atoms with Crippen LogP contribution in [-0.2, 0) is 11.2 Å². The van der Waals surface area contributed by atoms with Crippen LogP contribution in [0, 0.1) is 0 Å². The number of benzene rings is 1. The van der Waals surface area contributed by atoms with Crippen molar-refractivity contribution in [1.82, 2.24) is 9.80 Å². The van der Waals surface area contributed by atoms with Gasteiger partial charge in [-0.25, -0.2) is 4.79 Å². The molecule has 8 heteroatoms. The molecule has 2 heterocycles. The van der Waals surface area contributed by atoms with E-state index < -0.39 is 5.97 Å². The van der Waals surface area contributed by atoms with Crippen molar-refractivity contribution in [2.75, 3.05) is 26.2 Å². The maximum atomic E-state index is 12.4. The predicted octanol–water partition coefficient (Wildman–Crippen LogP) is 2.16. The van der Waals surface area contributed by atoms with Gasteiger partial charge in [-0.2, -0.15) is 0 Å². The third-order valence-corrected chi connectivity index (χ3v) is 4.47. The van der Waals surface area contributed by atoms with Crippen LogP contribution in [-0.4, -0.2) is 58.9 Å². The van der Waals surface area contributed by atoms with E-state index in [9.17, 15) is 14.4 Å². The first-order valence-corrected chi connectivity index (χ1v) is 8.46. The number of hydrogen-bond acceptors (Lipinski definition) is 4. The van der Waals surface area contributed by atoms with Crippen molar-refractivity contribution >= 4 is 29.4 Å². The molecule has 0 atom stereocenters. The SMILES string of the molecule is O=C(O)c1ccc(C(=O)N2CCN(C(=O)Cc3ccc(Cl)cc3)CC2)o1. The lowest BCUT2D eigenvalue weighted by molar-refractivity contribution is -0.131. The molecule has 0 saturated carbocycles. The molecular formula is C18H17ClN2O5. The Morgan fingerprint density at radius 3 is 2.08 bits per heavy atom. The number of carboxylic acids is 1. The summed E-state index contributed by atoms with van der Waals surface area (Å²) in [6, 6.07) is 9.73. The smallest absolute Gasteiger partial charge is 0.371 e. The van der Waals surface area contributed by atoms with Gasteiger partial charge in [-0.1, -0.05) is 23.7 Å². The topological polar surface area (TPSA) is 91.1 Å². The molecule has 3 rings (SSSR count). The molecular weight excluding hydrogens is 360 g/mol. The van der Waals surface area contributed by atoms with Gasteiger partial charge in [-0.05, 0) is 29.8 Å². The third-order valence-electron chi connectivity index (χ3n) is 4.22. The zero-order valence-corrected chi connectivity index (χ0v) is 14.6. The second kappa shape index (κ2) is 7.61. The summed E-state index contributed by atoms with van der Waals surface area (Å²) in [5, 5.41) is 9.47. The Bertz CT molecular complexity index is 822. The van der Waals surface area contributed by atoms with Gasteiger partial charge >= 0.3 is 5.97 Å². The van der Waals surface area contributed by atoms with Gasteiger partial charge < -0.3 is 19.3 Å². The van der Waals surface area contributed by atoms with E-state index in [1.165, 1.54) is 12.1 Å². The summed E-state index contributed by atoms with van der Waals surface area (Å²) in [5.74, 6) is -1.89. The number of hydrogen-bond donors (Lipinski definition) is 1. The summed E-state index contributed by atoms with van der Waals surface area (Å²) in [6.45, 7) is 1.58. The molecule has 7 nitrogen and oxygen atoms in total. The molecule has 1 aromatic heterocycles. The molecule has 0 radical (unpaired) electrons. The Labute approximate surface area is 154 Å². The number of halogens is 1. The molecule has 0 spiro atoms. The largest absolute Gasteiger partial charge is 0.475 e. The van der Waals surface area contributed by atoms with Gasteiger partial charge in [0.2, 0.25) is 11.7 Å². The van der Waals surface area contributed by atoms with E-state index in [0.717, 1.165) is 5.56 Å². The van der Waals surface area contributed by atoms with Crippen LogP contribution in [0.25, 0.3) is 0 Å². The third kappa shape index (κ3) is 4.05. The lowest BCUT2D eigenvalue weighted by Crippen LogP contribution is -2.50. The van der Waals surface area contributed by atoms with Gasteiger partial charge in [0.1, 0.15) is 0 Å². The van der Waals surface area contributed by atoms with Crippen LogP contribution in [0.2, 0.25) is 5.02 Å². The zero-order valence-electron chi connectivity index (χ0n) is 13.9. The van der Waals surface area contributed by atoms with Gasteiger partial charge in [-0.15, -0.1) is 0 Å². The normalized spacial score (nSPS) is 14.3. The van der Waals surface area contributed by atoms with Crippen molar-refractivity contribution in [3.63, 3.8) is 0 Å². The van der Waals surface area contributed by atoms with E-state index in [-0.39, 0.29) is 29.8 Å². The fourth-order valence-corrected chi connectivity index (χ4v) is 2.90. The molecule has 2 amide bonds. The molecule has 0 unspecified atom stereocenters. The Kier molecular flexibility index (Phi) is 5.27. The molecule has 26 heavy (non-hydrogen) atoms. The summed E-state index contributed by atoms with van der Waals surface area (Å²) in [6.07, 6.45) is 0.283. The van der Waals surface area contributed by atoms with E-state index >= 15 is 0 Å². The summed E-state index contributed by atoms with van der Waals surface area (Å²) >= 11 is 5.84. The molecule has 2 aromatic rings. The minimum absolute atomic E-state index is 0.00872. The molecule has 1 aromatic carbocycles. The lowest BCUT2D eigenvalue weighted by Gasteiger charge is -2.34. The van der Waals surface area contributed by atoms with Gasteiger partial charge in [0.15, 0.2) is 5.76 Å². The van der Waals surface area contributed by atoms with E-state index in [1.807, 2.05) is 12.1 Å². The van der Waals surface area contributed by atoms with Crippen LogP contribution >= 0.6 is 11.6 Å². The Morgan fingerprint density at radius 2 is 1.50 bits per heavy atom. The Morgan fingerprint density at radius 1 is 0.923 bits per heavy atom. The number of piperazine rings is 1. The number of aromatic carboxylic acids is 1. The quantitative estimate of drug-likeness (QED) is 0.882.